The highest BCUT2D eigenvalue weighted by Crippen LogP contribution is 2.37. The number of anilines is 1. The number of nitrogens with one attached hydrogen (secondary N) is 1. The first-order valence-corrected chi connectivity index (χ1v) is 10.6. The molecule has 0 unspecified atom stereocenters. The van der Waals surface area contributed by atoms with E-state index in [9.17, 15) is 8.42 Å². The summed E-state index contributed by atoms with van der Waals surface area (Å²) in [5.74, 6) is 1.07. The molecule has 136 valence electrons. The van der Waals surface area contributed by atoms with Crippen LogP contribution in [0.1, 0.15) is 36.5 Å². The van der Waals surface area contributed by atoms with Crippen LogP contribution in [0, 0.1) is 0 Å². The Balaban J connectivity index is 1.43. The number of nitrogens with two attached hydrogens (primary N) is 1. The number of rotatable bonds is 6. The van der Waals surface area contributed by atoms with Crippen LogP contribution in [-0.2, 0) is 22.0 Å². The molecule has 0 saturated heterocycles. The molecule has 26 heavy (non-hydrogen) atoms. The third-order valence-electron chi connectivity index (χ3n) is 4.48. The van der Waals surface area contributed by atoms with E-state index in [0.717, 1.165) is 24.8 Å². The Labute approximate surface area is 155 Å². The van der Waals surface area contributed by atoms with Crippen molar-refractivity contribution in [3.8, 4) is 0 Å². The summed E-state index contributed by atoms with van der Waals surface area (Å²) in [5, 5.41) is 5.73. The molecule has 0 amide bonds. The molecule has 0 bridgehead atoms. The van der Waals surface area contributed by atoms with Gasteiger partial charge < -0.3 is 10.3 Å². The summed E-state index contributed by atoms with van der Waals surface area (Å²) in [7, 11) is -3.54. The number of nitrogens with zero attached hydrogens (tertiary/aromatic N) is 2. The standard InChI is InChI=1S/C17H18N4O3S2/c18-17(8-2-9-17)16-19-14(24-20-16)11-12-4-6-13(7-5-12)21-26(22,23)15-3-1-10-25-15/h1,3-7,10,21H,2,8-9,11,18H2. The highest BCUT2D eigenvalue weighted by molar-refractivity contribution is 7.94. The lowest BCUT2D eigenvalue weighted by Crippen LogP contribution is -2.44. The predicted octanol–water partition coefficient (Wildman–Crippen LogP) is 2.86. The molecule has 2 aromatic heterocycles. The van der Waals surface area contributed by atoms with Crippen molar-refractivity contribution in [2.24, 2.45) is 5.73 Å². The summed E-state index contributed by atoms with van der Waals surface area (Å²) >= 11 is 1.18. The van der Waals surface area contributed by atoms with Crippen LogP contribution in [0.25, 0.3) is 0 Å². The van der Waals surface area contributed by atoms with Crippen molar-refractivity contribution in [1.29, 1.82) is 0 Å². The molecule has 0 spiro atoms. The molecule has 3 aromatic rings. The maximum atomic E-state index is 12.2. The lowest BCUT2D eigenvalue weighted by atomic mass is 9.77. The zero-order chi connectivity index (χ0) is 18.2. The van der Waals surface area contributed by atoms with Crippen molar-refractivity contribution in [3.05, 3.63) is 59.1 Å². The monoisotopic (exact) mass is 390 g/mol. The normalized spacial score (nSPS) is 16.2. The lowest BCUT2D eigenvalue weighted by molar-refractivity contribution is 0.229. The average Bonchev–Trinajstić information content (AvgIpc) is 3.26. The van der Waals surface area contributed by atoms with Gasteiger partial charge in [0.15, 0.2) is 5.82 Å². The minimum Gasteiger partial charge on any atom is -0.339 e. The Morgan fingerprint density at radius 2 is 2.00 bits per heavy atom. The summed E-state index contributed by atoms with van der Waals surface area (Å²) in [6, 6.07) is 10.4. The summed E-state index contributed by atoms with van der Waals surface area (Å²) < 4.78 is 32.6. The fourth-order valence-corrected chi connectivity index (χ4v) is 4.85. The summed E-state index contributed by atoms with van der Waals surface area (Å²) in [4.78, 5) is 4.40. The van der Waals surface area contributed by atoms with Gasteiger partial charge in [-0.2, -0.15) is 4.98 Å². The van der Waals surface area contributed by atoms with E-state index in [1.54, 1.807) is 29.6 Å². The highest BCUT2D eigenvalue weighted by atomic mass is 32.2. The number of aromatic nitrogens is 2. The Morgan fingerprint density at radius 1 is 1.23 bits per heavy atom. The quantitative estimate of drug-likeness (QED) is 0.669. The van der Waals surface area contributed by atoms with E-state index >= 15 is 0 Å². The van der Waals surface area contributed by atoms with E-state index in [-0.39, 0.29) is 4.21 Å². The summed E-state index contributed by atoms with van der Waals surface area (Å²) in [6.07, 6.45) is 3.32. The molecule has 1 aliphatic rings. The first-order chi connectivity index (χ1) is 12.4. The van der Waals surface area contributed by atoms with Gasteiger partial charge in [0, 0.05) is 5.69 Å². The lowest BCUT2D eigenvalue weighted by Gasteiger charge is -2.34. The molecule has 9 heteroatoms. The fourth-order valence-electron chi connectivity index (χ4n) is 2.80. The van der Waals surface area contributed by atoms with Gasteiger partial charge in [0.05, 0.1) is 12.0 Å². The zero-order valence-electron chi connectivity index (χ0n) is 13.9. The summed E-state index contributed by atoms with van der Waals surface area (Å²) in [5.41, 5.74) is 7.21. The molecule has 1 fully saturated rings. The Hall–Kier alpha value is -2.23. The molecule has 3 N–H and O–H groups in total. The van der Waals surface area contributed by atoms with Gasteiger partial charge >= 0.3 is 0 Å². The molecule has 4 rings (SSSR count). The molecule has 2 heterocycles. The second-order valence-electron chi connectivity index (χ2n) is 6.43. The summed E-state index contributed by atoms with van der Waals surface area (Å²) in [6.45, 7) is 0. The maximum absolute atomic E-state index is 12.2. The minimum atomic E-state index is -3.54. The van der Waals surface area contributed by atoms with Crippen molar-refractivity contribution < 1.29 is 12.9 Å². The largest absolute Gasteiger partial charge is 0.339 e. The van der Waals surface area contributed by atoms with E-state index in [1.165, 1.54) is 11.3 Å². The molecule has 1 aliphatic carbocycles. The van der Waals surface area contributed by atoms with Gasteiger partial charge in [-0.1, -0.05) is 23.4 Å². The van der Waals surface area contributed by atoms with Gasteiger partial charge in [-0.05, 0) is 48.4 Å². The van der Waals surface area contributed by atoms with Crippen LogP contribution in [0.3, 0.4) is 0 Å². The molecule has 1 saturated carbocycles. The zero-order valence-corrected chi connectivity index (χ0v) is 15.5. The van der Waals surface area contributed by atoms with Gasteiger partial charge in [0.2, 0.25) is 5.89 Å². The van der Waals surface area contributed by atoms with Gasteiger partial charge in [-0.3, -0.25) is 4.72 Å². The van der Waals surface area contributed by atoms with E-state index in [2.05, 4.69) is 14.9 Å². The SMILES string of the molecule is NC1(c2noc(Cc3ccc(NS(=O)(=O)c4cccs4)cc3)n2)CCC1. The third kappa shape index (κ3) is 3.37. The molecular formula is C17H18N4O3S2. The van der Waals surface area contributed by atoms with Gasteiger partial charge in [0.1, 0.15) is 4.21 Å². The van der Waals surface area contributed by atoms with Crippen molar-refractivity contribution >= 4 is 27.0 Å². The van der Waals surface area contributed by atoms with E-state index in [0.29, 0.717) is 23.8 Å². The van der Waals surface area contributed by atoms with Crippen LogP contribution >= 0.6 is 11.3 Å². The van der Waals surface area contributed by atoms with Gasteiger partial charge in [-0.15, -0.1) is 11.3 Å². The van der Waals surface area contributed by atoms with Crippen LogP contribution in [-0.4, -0.2) is 18.6 Å². The third-order valence-corrected chi connectivity index (χ3v) is 7.26. The van der Waals surface area contributed by atoms with E-state index < -0.39 is 15.6 Å². The number of thiophene rings is 1. The highest BCUT2D eigenvalue weighted by Gasteiger charge is 2.38. The fraction of sp³-hybridized carbons (Fsp3) is 0.294. The van der Waals surface area contributed by atoms with Gasteiger partial charge in [0.25, 0.3) is 10.0 Å². The van der Waals surface area contributed by atoms with Crippen molar-refractivity contribution in [1.82, 2.24) is 10.1 Å². The second kappa shape index (κ2) is 6.49. The van der Waals surface area contributed by atoms with Crippen LogP contribution in [0.4, 0.5) is 5.69 Å². The predicted molar refractivity (Wildman–Crippen MR) is 98.4 cm³/mol. The molecule has 0 radical (unpaired) electrons. The van der Waals surface area contributed by atoms with Crippen LogP contribution in [0.5, 0.6) is 0 Å². The minimum absolute atomic E-state index is 0.284. The van der Waals surface area contributed by atoms with Gasteiger partial charge in [-0.25, -0.2) is 8.42 Å². The topological polar surface area (TPSA) is 111 Å². The van der Waals surface area contributed by atoms with E-state index in [4.69, 9.17) is 10.3 Å². The first-order valence-electron chi connectivity index (χ1n) is 8.22. The van der Waals surface area contributed by atoms with Crippen molar-refractivity contribution in [2.45, 2.75) is 35.4 Å². The maximum Gasteiger partial charge on any atom is 0.271 e. The van der Waals surface area contributed by atoms with Crippen molar-refractivity contribution in [2.75, 3.05) is 4.72 Å². The average molecular weight is 390 g/mol. The van der Waals surface area contributed by atoms with Crippen molar-refractivity contribution in [3.63, 3.8) is 0 Å². The number of benzene rings is 1. The number of hydrogen-bond acceptors (Lipinski definition) is 7. The molecule has 0 aliphatic heterocycles. The number of sulfonamides is 1. The smallest absolute Gasteiger partial charge is 0.271 e. The van der Waals surface area contributed by atoms with Crippen LogP contribution < -0.4 is 10.5 Å². The molecule has 0 atom stereocenters. The van der Waals surface area contributed by atoms with E-state index in [1.807, 2.05) is 12.1 Å². The molecular weight excluding hydrogens is 372 g/mol. The van der Waals surface area contributed by atoms with Crippen LogP contribution in [0.2, 0.25) is 0 Å². The molecule has 1 aromatic carbocycles. The second-order valence-corrected chi connectivity index (χ2v) is 9.29. The molecule has 7 nitrogen and oxygen atoms in total. The Morgan fingerprint density at radius 3 is 2.62 bits per heavy atom. The number of hydrogen-bond donors (Lipinski definition) is 2. The Kier molecular flexibility index (Phi) is 4.29. The first kappa shape index (κ1) is 17.2. The Bertz CT molecular complexity index is 991. The van der Waals surface area contributed by atoms with Crippen LogP contribution in [0.15, 0.2) is 50.5 Å².